The van der Waals surface area contributed by atoms with Gasteiger partial charge in [0.15, 0.2) is 0 Å². The highest BCUT2D eigenvalue weighted by atomic mass is 16.6. The fraction of sp³-hybridized carbons (Fsp3) is 0.562. The summed E-state index contributed by atoms with van der Waals surface area (Å²) in [5.41, 5.74) is 0.0481. The lowest BCUT2D eigenvalue weighted by atomic mass is 9.64. The summed E-state index contributed by atoms with van der Waals surface area (Å²) in [5.74, 6) is 0. The fourth-order valence-electron chi connectivity index (χ4n) is 3.02. The largest absolute Gasteiger partial charge is 0.452 e. The van der Waals surface area contributed by atoms with Gasteiger partial charge in [-0.05, 0) is 39.1 Å². The second-order valence-electron chi connectivity index (χ2n) is 6.98. The van der Waals surface area contributed by atoms with Gasteiger partial charge in [-0.15, -0.1) is 0 Å². The summed E-state index contributed by atoms with van der Waals surface area (Å²) in [6.07, 6.45) is 0.544. The van der Waals surface area contributed by atoms with Gasteiger partial charge in [-0.1, -0.05) is 30.3 Å². The van der Waals surface area contributed by atoms with E-state index in [9.17, 15) is 14.8 Å². The molecule has 1 fully saturated rings. The van der Waals surface area contributed by atoms with E-state index < -0.39 is 18.1 Å². The number of ether oxygens (including phenoxy) is 1. The van der Waals surface area contributed by atoms with Crippen molar-refractivity contribution >= 4 is 13.2 Å². The molecule has 0 radical (unpaired) electrons. The number of nitrogens with zero attached hydrogens (tertiary/aromatic N) is 1. The van der Waals surface area contributed by atoms with Crippen molar-refractivity contribution in [2.45, 2.75) is 44.5 Å². The van der Waals surface area contributed by atoms with Crippen molar-refractivity contribution in [2.75, 3.05) is 13.1 Å². The predicted octanol–water partition coefficient (Wildman–Crippen LogP) is 2.04. The third-order valence-corrected chi connectivity index (χ3v) is 3.96. The van der Waals surface area contributed by atoms with Crippen molar-refractivity contribution < 1.29 is 19.6 Å². The number of hydrogen-bond acceptors (Lipinski definition) is 4. The van der Waals surface area contributed by atoms with Crippen LogP contribution in [0, 0.1) is 0 Å². The van der Waals surface area contributed by atoms with E-state index in [1.54, 1.807) is 4.90 Å². The van der Waals surface area contributed by atoms with Crippen LogP contribution in [0.2, 0.25) is 6.32 Å². The van der Waals surface area contributed by atoms with Crippen molar-refractivity contribution in [1.82, 2.24) is 4.90 Å². The highest BCUT2D eigenvalue weighted by molar-refractivity contribution is 6.41. The zero-order valence-corrected chi connectivity index (χ0v) is 13.5. The summed E-state index contributed by atoms with van der Waals surface area (Å²) in [4.78, 5) is 13.9. The molecule has 6 heteroatoms. The lowest BCUT2D eigenvalue weighted by molar-refractivity contribution is 0.0284. The number of rotatable bonds is 3. The second kappa shape index (κ2) is 6.30. The van der Waals surface area contributed by atoms with E-state index in [1.807, 2.05) is 51.1 Å². The van der Waals surface area contributed by atoms with Gasteiger partial charge in [-0.3, -0.25) is 0 Å². The Hall–Kier alpha value is -1.53. The summed E-state index contributed by atoms with van der Waals surface area (Å²) in [6, 6.07) is 9.73. The minimum atomic E-state index is -1.40. The molecule has 0 saturated carbocycles. The molecular weight excluding hydrogens is 281 g/mol. The molecule has 0 aromatic heterocycles. The predicted molar refractivity (Wildman–Crippen MR) is 85.5 cm³/mol. The van der Waals surface area contributed by atoms with E-state index in [0.717, 1.165) is 5.56 Å². The number of likely N-dealkylation sites (tertiary alicyclic amines) is 1. The van der Waals surface area contributed by atoms with Crippen LogP contribution in [0.25, 0.3) is 0 Å². The van der Waals surface area contributed by atoms with Gasteiger partial charge in [-0.25, -0.2) is 4.79 Å². The van der Waals surface area contributed by atoms with E-state index in [-0.39, 0.29) is 12.4 Å². The van der Waals surface area contributed by atoms with Gasteiger partial charge >= 0.3 is 13.2 Å². The monoisotopic (exact) mass is 305 g/mol. The van der Waals surface area contributed by atoms with E-state index >= 15 is 0 Å². The Kier molecular flexibility index (Phi) is 4.82. The fourth-order valence-corrected chi connectivity index (χ4v) is 3.02. The molecule has 1 aliphatic rings. The Morgan fingerprint density at radius 1 is 1.32 bits per heavy atom. The van der Waals surface area contributed by atoms with Crippen LogP contribution >= 0.6 is 0 Å². The maximum atomic E-state index is 12.2. The molecule has 1 aromatic rings. The van der Waals surface area contributed by atoms with Gasteiger partial charge < -0.3 is 19.7 Å². The molecule has 0 bridgehead atoms. The Morgan fingerprint density at radius 3 is 2.50 bits per heavy atom. The summed E-state index contributed by atoms with van der Waals surface area (Å²) in [6.45, 7) is 6.49. The van der Waals surface area contributed by atoms with Crippen LogP contribution in [0.3, 0.4) is 0 Å². The maximum Gasteiger partial charge on any atom is 0.452 e. The van der Waals surface area contributed by atoms with Crippen LogP contribution < -0.4 is 0 Å². The maximum absolute atomic E-state index is 12.2. The number of amides is 1. The smallest absolute Gasteiger partial charge is 0.444 e. The van der Waals surface area contributed by atoms with Crippen molar-refractivity contribution in [3.63, 3.8) is 0 Å². The summed E-state index contributed by atoms with van der Waals surface area (Å²) >= 11 is 0. The van der Waals surface area contributed by atoms with E-state index in [4.69, 9.17) is 4.74 Å². The molecule has 1 unspecified atom stereocenters. The molecule has 1 aliphatic heterocycles. The van der Waals surface area contributed by atoms with Crippen molar-refractivity contribution in [1.29, 1.82) is 0 Å². The molecule has 0 spiro atoms. The number of carbonyl (C=O) groups excluding carboxylic acids is 1. The average Bonchev–Trinajstić information content (AvgIpc) is 2.82. The molecule has 2 rings (SSSR count). The number of benzene rings is 1. The third-order valence-electron chi connectivity index (χ3n) is 3.96. The minimum absolute atomic E-state index is 0.205. The summed E-state index contributed by atoms with van der Waals surface area (Å²) in [5, 5.41) is 18.9. The van der Waals surface area contributed by atoms with Crippen molar-refractivity contribution in [3.8, 4) is 0 Å². The normalized spacial score (nSPS) is 21.8. The van der Waals surface area contributed by atoms with Crippen molar-refractivity contribution in [3.05, 3.63) is 35.9 Å². The van der Waals surface area contributed by atoms with Gasteiger partial charge in [0, 0.05) is 18.5 Å². The standard InChI is InChI=1S/C16H24BNO4/c1-15(2,3)22-14(19)18-10-9-16(12-18,11-17(20)21)13-7-5-4-6-8-13/h4-8,20-21H,9-12H2,1-3H3. The van der Waals surface area contributed by atoms with Gasteiger partial charge in [-0.2, -0.15) is 0 Å². The van der Waals surface area contributed by atoms with Gasteiger partial charge in [0.2, 0.25) is 0 Å². The number of hydrogen-bond donors (Lipinski definition) is 2. The summed E-state index contributed by atoms with van der Waals surface area (Å²) < 4.78 is 5.42. The Morgan fingerprint density at radius 2 is 1.95 bits per heavy atom. The zero-order valence-electron chi connectivity index (χ0n) is 13.5. The Balaban J connectivity index is 2.18. The first-order chi connectivity index (χ1) is 10.2. The first-order valence-corrected chi connectivity index (χ1v) is 7.61. The summed E-state index contributed by atoms with van der Waals surface area (Å²) in [7, 11) is -1.40. The molecule has 22 heavy (non-hydrogen) atoms. The van der Waals surface area contributed by atoms with Crippen LogP contribution in [0.1, 0.15) is 32.8 Å². The highest BCUT2D eigenvalue weighted by Crippen LogP contribution is 2.39. The lowest BCUT2D eigenvalue weighted by Gasteiger charge is -2.30. The molecule has 1 atom stereocenters. The van der Waals surface area contributed by atoms with Crippen LogP contribution in [0.4, 0.5) is 4.79 Å². The molecule has 1 heterocycles. The quantitative estimate of drug-likeness (QED) is 0.838. The minimum Gasteiger partial charge on any atom is -0.444 e. The van der Waals surface area contributed by atoms with Gasteiger partial charge in [0.1, 0.15) is 5.60 Å². The molecule has 1 saturated heterocycles. The second-order valence-corrected chi connectivity index (χ2v) is 6.98. The molecule has 1 aromatic carbocycles. The lowest BCUT2D eigenvalue weighted by Crippen LogP contribution is -2.39. The molecule has 0 aliphatic carbocycles. The zero-order chi connectivity index (χ0) is 16.4. The van der Waals surface area contributed by atoms with Gasteiger partial charge in [0.25, 0.3) is 0 Å². The average molecular weight is 305 g/mol. The molecular formula is C16H24BNO4. The first kappa shape index (κ1) is 16.8. The first-order valence-electron chi connectivity index (χ1n) is 7.61. The topological polar surface area (TPSA) is 70.0 Å². The van der Waals surface area contributed by atoms with Crippen LogP contribution in [0.5, 0.6) is 0 Å². The van der Waals surface area contributed by atoms with E-state index in [2.05, 4.69) is 0 Å². The van der Waals surface area contributed by atoms with E-state index in [1.165, 1.54) is 0 Å². The SMILES string of the molecule is CC(C)(C)OC(=O)N1CCC(CB(O)O)(c2ccccc2)C1. The Bertz CT molecular complexity index is 515. The number of carbonyl (C=O) groups is 1. The molecule has 120 valence electrons. The highest BCUT2D eigenvalue weighted by Gasteiger charge is 2.44. The van der Waals surface area contributed by atoms with Crippen LogP contribution in [0.15, 0.2) is 30.3 Å². The van der Waals surface area contributed by atoms with Gasteiger partial charge in [0.05, 0.1) is 0 Å². The molecule has 1 amide bonds. The van der Waals surface area contributed by atoms with Crippen LogP contribution in [-0.2, 0) is 10.2 Å². The van der Waals surface area contributed by atoms with Crippen molar-refractivity contribution in [2.24, 2.45) is 0 Å². The van der Waals surface area contributed by atoms with E-state index in [0.29, 0.717) is 19.5 Å². The third kappa shape index (κ3) is 4.02. The van der Waals surface area contributed by atoms with Crippen LogP contribution in [-0.4, -0.2) is 46.9 Å². The molecule has 5 nitrogen and oxygen atoms in total. The Labute approximate surface area is 132 Å². The molecule has 2 N–H and O–H groups in total.